The van der Waals surface area contributed by atoms with Crippen molar-refractivity contribution < 1.29 is 4.79 Å². The third-order valence-electron chi connectivity index (χ3n) is 2.24. The fourth-order valence-corrected chi connectivity index (χ4v) is 1.22. The molecule has 1 unspecified atom stereocenters. The van der Waals surface area contributed by atoms with Crippen molar-refractivity contribution >= 4 is 5.91 Å². The maximum atomic E-state index is 10.7. The second kappa shape index (κ2) is 6.19. The quantitative estimate of drug-likeness (QED) is 0.621. The summed E-state index contributed by atoms with van der Waals surface area (Å²) in [7, 11) is 0. The van der Waals surface area contributed by atoms with Gasteiger partial charge in [0.25, 0.3) is 0 Å². The van der Waals surface area contributed by atoms with E-state index in [2.05, 4.69) is 10.4 Å². The molecule has 84 valence electrons. The molecule has 0 aliphatic heterocycles. The summed E-state index contributed by atoms with van der Waals surface area (Å²) in [6, 6.07) is 1.91. The summed E-state index contributed by atoms with van der Waals surface area (Å²) in [6.07, 6.45) is 4.70. The number of nitrogens with two attached hydrogens (primary N) is 1. The molecular weight excluding hydrogens is 192 g/mol. The topological polar surface area (TPSA) is 72.9 Å². The number of aromatic nitrogens is 2. The zero-order chi connectivity index (χ0) is 11.1. The Morgan fingerprint density at radius 3 is 3.07 bits per heavy atom. The number of hydrogen-bond donors (Lipinski definition) is 2. The molecule has 0 saturated heterocycles. The van der Waals surface area contributed by atoms with Gasteiger partial charge in [0.1, 0.15) is 0 Å². The number of amides is 1. The van der Waals surface area contributed by atoms with E-state index < -0.39 is 0 Å². The summed E-state index contributed by atoms with van der Waals surface area (Å²) >= 11 is 0. The maximum absolute atomic E-state index is 10.7. The summed E-state index contributed by atoms with van der Waals surface area (Å²) in [5.41, 5.74) is 5.13. The standard InChI is InChI=1S/C10H18N4O/c1-9(10(11)15)8-12-4-2-6-14-7-3-5-13-14/h3,5,7,9,12H,2,4,6,8H2,1H3,(H2,11,15). The van der Waals surface area contributed by atoms with Gasteiger partial charge in [-0.2, -0.15) is 5.10 Å². The van der Waals surface area contributed by atoms with Crippen molar-refractivity contribution in [3.05, 3.63) is 18.5 Å². The minimum Gasteiger partial charge on any atom is -0.369 e. The molecule has 0 radical (unpaired) electrons. The average Bonchev–Trinajstić information content (AvgIpc) is 2.69. The van der Waals surface area contributed by atoms with E-state index in [9.17, 15) is 4.79 Å². The average molecular weight is 210 g/mol. The van der Waals surface area contributed by atoms with Gasteiger partial charge < -0.3 is 11.1 Å². The second-order valence-corrected chi connectivity index (χ2v) is 3.63. The molecule has 5 heteroatoms. The van der Waals surface area contributed by atoms with E-state index in [0.29, 0.717) is 6.54 Å². The smallest absolute Gasteiger partial charge is 0.221 e. The molecule has 0 aliphatic carbocycles. The van der Waals surface area contributed by atoms with Crippen molar-refractivity contribution in [3.63, 3.8) is 0 Å². The van der Waals surface area contributed by atoms with Gasteiger partial charge in [-0.3, -0.25) is 9.48 Å². The van der Waals surface area contributed by atoms with Crippen LogP contribution in [0.2, 0.25) is 0 Å². The van der Waals surface area contributed by atoms with Crippen LogP contribution in [0.1, 0.15) is 13.3 Å². The largest absolute Gasteiger partial charge is 0.369 e. The molecule has 0 bridgehead atoms. The van der Waals surface area contributed by atoms with Crippen LogP contribution >= 0.6 is 0 Å². The second-order valence-electron chi connectivity index (χ2n) is 3.63. The molecule has 1 aromatic heterocycles. The highest BCUT2D eigenvalue weighted by Crippen LogP contribution is 1.91. The van der Waals surface area contributed by atoms with E-state index in [0.717, 1.165) is 19.5 Å². The first kappa shape index (κ1) is 11.7. The number of rotatable bonds is 7. The zero-order valence-electron chi connectivity index (χ0n) is 9.02. The molecule has 1 aromatic rings. The number of nitrogens with one attached hydrogen (secondary N) is 1. The van der Waals surface area contributed by atoms with Gasteiger partial charge in [-0.05, 0) is 19.0 Å². The number of aryl methyl sites for hydroxylation is 1. The molecule has 3 N–H and O–H groups in total. The molecule has 0 saturated carbocycles. The molecular formula is C10H18N4O. The third-order valence-corrected chi connectivity index (χ3v) is 2.24. The van der Waals surface area contributed by atoms with E-state index >= 15 is 0 Å². The Labute approximate surface area is 89.6 Å². The fraction of sp³-hybridized carbons (Fsp3) is 0.600. The minimum atomic E-state index is -0.255. The lowest BCUT2D eigenvalue weighted by Crippen LogP contribution is -2.31. The van der Waals surface area contributed by atoms with Crippen LogP contribution < -0.4 is 11.1 Å². The predicted octanol–water partition coefficient (Wildman–Crippen LogP) is -0.0158. The van der Waals surface area contributed by atoms with Crippen LogP contribution in [0, 0.1) is 5.92 Å². The lowest BCUT2D eigenvalue weighted by molar-refractivity contribution is -0.121. The van der Waals surface area contributed by atoms with Crippen molar-refractivity contribution in [3.8, 4) is 0 Å². The Kier molecular flexibility index (Phi) is 4.83. The van der Waals surface area contributed by atoms with Crippen molar-refractivity contribution in [2.45, 2.75) is 19.9 Å². The number of primary amides is 1. The number of hydrogen-bond acceptors (Lipinski definition) is 3. The molecule has 1 amide bonds. The Morgan fingerprint density at radius 2 is 2.47 bits per heavy atom. The van der Waals surface area contributed by atoms with E-state index in [-0.39, 0.29) is 11.8 Å². The third kappa shape index (κ3) is 4.60. The van der Waals surface area contributed by atoms with Gasteiger partial charge in [-0.25, -0.2) is 0 Å². The van der Waals surface area contributed by atoms with Crippen LogP contribution in [0.25, 0.3) is 0 Å². The van der Waals surface area contributed by atoms with Crippen LogP contribution in [-0.2, 0) is 11.3 Å². The number of carbonyl (C=O) groups excluding carboxylic acids is 1. The van der Waals surface area contributed by atoms with Crippen LogP contribution in [0.4, 0.5) is 0 Å². The Morgan fingerprint density at radius 1 is 1.67 bits per heavy atom. The monoisotopic (exact) mass is 210 g/mol. The summed E-state index contributed by atoms with van der Waals surface area (Å²) in [5, 5.41) is 7.28. The lowest BCUT2D eigenvalue weighted by atomic mass is 10.2. The highest BCUT2D eigenvalue weighted by atomic mass is 16.1. The number of nitrogens with zero attached hydrogens (tertiary/aromatic N) is 2. The molecule has 5 nitrogen and oxygen atoms in total. The van der Waals surface area contributed by atoms with E-state index in [1.165, 1.54) is 0 Å². The van der Waals surface area contributed by atoms with Gasteiger partial charge in [0.2, 0.25) is 5.91 Å². The molecule has 0 spiro atoms. The van der Waals surface area contributed by atoms with Crippen LogP contribution in [0.5, 0.6) is 0 Å². The van der Waals surface area contributed by atoms with Crippen molar-refractivity contribution in [2.24, 2.45) is 11.7 Å². The lowest BCUT2D eigenvalue weighted by Gasteiger charge is -2.08. The molecule has 0 aliphatic rings. The maximum Gasteiger partial charge on any atom is 0.221 e. The number of carbonyl (C=O) groups is 1. The molecule has 1 rings (SSSR count). The SMILES string of the molecule is CC(CNCCCn1cccn1)C(N)=O. The first-order valence-electron chi connectivity index (χ1n) is 5.17. The van der Waals surface area contributed by atoms with Gasteiger partial charge in [0.05, 0.1) is 0 Å². The van der Waals surface area contributed by atoms with Crippen LogP contribution in [0.15, 0.2) is 18.5 Å². The van der Waals surface area contributed by atoms with Gasteiger partial charge in [-0.1, -0.05) is 6.92 Å². The normalized spacial score (nSPS) is 12.6. The predicted molar refractivity (Wildman–Crippen MR) is 58.1 cm³/mol. The first-order valence-corrected chi connectivity index (χ1v) is 5.17. The van der Waals surface area contributed by atoms with Gasteiger partial charge in [-0.15, -0.1) is 0 Å². The highest BCUT2D eigenvalue weighted by Gasteiger charge is 2.06. The van der Waals surface area contributed by atoms with E-state index in [4.69, 9.17) is 5.73 Å². The zero-order valence-corrected chi connectivity index (χ0v) is 9.02. The van der Waals surface area contributed by atoms with Crippen LogP contribution in [0.3, 0.4) is 0 Å². The van der Waals surface area contributed by atoms with Crippen LogP contribution in [-0.4, -0.2) is 28.8 Å². The molecule has 1 atom stereocenters. The van der Waals surface area contributed by atoms with Gasteiger partial charge >= 0.3 is 0 Å². The van der Waals surface area contributed by atoms with E-state index in [1.54, 1.807) is 6.20 Å². The van der Waals surface area contributed by atoms with Gasteiger partial charge in [0.15, 0.2) is 0 Å². The summed E-state index contributed by atoms with van der Waals surface area (Å²) < 4.78 is 1.89. The minimum absolute atomic E-state index is 0.102. The highest BCUT2D eigenvalue weighted by molar-refractivity contribution is 5.76. The Bertz CT molecular complexity index is 284. The fourth-order valence-electron chi connectivity index (χ4n) is 1.22. The summed E-state index contributed by atoms with van der Waals surface area (Å²) in [6.45, 7) is 4.24. The van der Waals surface area contributed by atoms with Crippen molar-refractivity contribution in [1.82, 2.24) is 15.1 Å². The Balaban J connectivity index is 2.00. The van der Waals surface area contributed by atoms with E-state index in [1.807, 2.05) is 23.9 Å². The van der Waals surface area contributed by atoms with Crippen molar-refractivity contribution in [2.75, 3.05) is 13.1 Å². The molecule has 0 fully saturated rings. The summed E-state index contributed by atoms with van der Waals surface area (Å²) in [5.74, 6) is -0.357. The first-order chi connectivity index (χ1) is 7.20. The Hall–Kier alpha value is -1.36. The van der Waals surface area contributed by atoms with Crippen molar-refractivity contribution in [1.29, 1.82) is 0 Å². The molecule has 15 heavy (non-hydrogen) atoms. The molecule has 1 heterocycles. The molecule has 0 aromatic carbocycles. The van der Waals surface area contributed by atoms with Gasteiger partial charge in [0, 0.05) is 31.4 Å². The summed E-state index contributed by atoms with van der Waals surface area (Å²) in [4.78, 5) is 10.7.